The van der Waals surface area contributed by atoms with Gasteiger partial charge in [0.1, 0.15) is 6.10 Å². The van der Waals surface area contributed by atoms with Crippen LogP contribution in [-0.4, -0.2) is 56.2 Å². The molecule has 32 heavy (non-hydrogen) atoms. The molecule has 3 atom stereocenters. The molecule has 2 amide bonds. The molecule has 2 saturated carbocycles. The molecule has 2 heterocycles. The molecule has 2 unspecified atom stereocenters. The van der Waals surface area contributed by atoms with Gasteiger partial charge in [-0.3, -0.25) is 14.7 Å². The van der Waals surface area contributed by atoms with Gasteiger partial charge in [-0.15, -0.1) is 0 Å². The highest BCUT2D eigenvalue weighted by molar-refractivity contribution is 6.11. The number of carbonyl (C=O) groups is 2. The second-order valence-electron chi connectivity index (χ2n) is 9.38. The predicted octanol–water partition coefficient (Wildman–Crippen LogP) is 2.95. The van der Waals surface area contributed by atoms with Crippen LogP contribution in [-0.2, 0) is 14.3 Å². The van der Waals surface area contributed by atoms with E-state index in [0.29, 0.717) is 31.1 Å². The summed E-state index contributed by atoms with van der Waals surface area (Å²) in [5, 5.41) is 0. The Kier molecular flexibility index (Phi) is 5.41. The number of amides is 2. The Labute approximate surface area is 188 Å². The molecular weight excluding hydrogens is 408 g/mol. The maximum absolute atomic E-state index is 13.2. The van der Waals surface area contributed by atoms with E-state index in [1.54, 1.807) is 22.9 Å². The molecule has 0 radical (unpaired) electrons. The Morgan fingerprint density at radius 3 is 2.56 bits per heavy atom. The number of nitrogens with two attached hydrogens (primary N) is 1. The van der Waals surface area contributed by atoms with Crippen molar-refractivity contribution in [2.75, 3.05) is 29.6 Å². The number of carbonyl (C=O) groups excluding carboxylic acids is 2. The molecule has 1 aromatic carbocycles. The van der Waals surface area contributed by atoms with Gasteiger partial charge in [-0.25, -0.2) is 4.79 Å². The monoisotopic (exact) mass is 438 g/mol. The van der Waals surface area contributed by atoms with Gasteiger partial charge in [0.05, 0.1) is 36.7 Å². The van der Waals surface area contributed by atoms with Crippen molar-refractivity contribution in [2.45, 2.75) is 51.3 Å². The first kappa shape index (κ1) is 21.0. The van der Waals surface area contributed by atoms with Gasteiger partial charge in [-0.05, 0) is 55.7 Å². The topological polar surface area (TPSA) is 97.5 Å². The molecular formula is C24H30N4O4. The minimum Gasteiger partial charge on any atom is -0.446 e. The summed E-state index contributed by atoms with van der Waals surface area (Å²) in [5.41, 5.74) is 8.82. The molecule has 5 rings (SSSR count). The Balaban J connectivity index is 1.44. The van der Waals surface area contributed by atoms with Crippen molar-refractivity contribution in [1.29, 1.82) is 0 Å². The van der Waals surface area contributed by atoms with Crippen LogP contribution in [0.25, 0.3) is 5.57 Å². The molecule has 2 aliphatic heterocycles. The molecule has 0 spiro atoms. The van der Waals surface area contributed by atoms with Gasteiger partial charge in [-0.2, -0.15) is 0 Å². The van der Waals surface area contributed by atoms with Gasteiger partial charge in [0.25, 0.3) is 0 Å². The zero-order valence-corrected chi connectivity index (χ0v) is 18.6. The first-order chi connectivity index (χ1) is 15.4. The van der Waals surface area contributed by atoms with E-state index in [1.807, 2.05) is 25.1 Å². The van der Waals surface area contributed by atoms with Crippen molar-refractivity contribution in [3.8, 4) is 0 Å². The van der Waals surface area contributed by atoms with Gasteiger partial charge in [0, 0.05) is 31.5 Å². The summed E-state index contributed by atoms with van der Waals surface area (Å²) >= 11 is 0. The Bertz CT molecular complexity index is 976. The number of nitrogens with zero attached hydrogens (tertiary/aromatic N) is 3. The molecule has 8 nitrogen and oxygen atoms in total. The first-order valence-electron chi connectivity index (χ1n) is 11.4. The van der Waals surface area contributed by atoms with Crippen molar-refractivity contribution in [1.82, 2.24) is 0 Å². The van der Waals surface area contributed by atoms with Gasteiger partial charge >= 0.3 is 6.09 Å². The van der Waals surface area contributed by atoms with E-state index in [2.05, 4.69) is 4.99 Å². The predicted molar refractivity (Wildman–Crippen MR) is 123 cm³/mol. The third kappa shape index (κ3) is 3.88. The Morgan fingerprint density at radius 1 is 1.19 bits per heavy atom. The van der Waals surface area contributed by atoms with Crippen molar-refractivity contribution in [3.05, 3.63) is 30.0 Å². The number of hydrogen-bond acceptors (Lipinski definition) is 6. The van der Waals surface area contributed by atoms with Gasteiger partial charge in [-0.1, -0.05) is 6.07 Å². The van der Waals surface area contributed by atoms with E-state index in [0.717, 1.165) is 35.8 Å². The molecule has 0 aromatic heterocycles. The van der Waals surface area contributed by atoms with Crippen molar-refractivity contribution < 1.29 is 19.1 Å². The average molecular weight is 439 g/mol. The van der Waals surface area contributed by atoms with Crippen LogP contribution in [0.5, 0.6) is 0 Å². The summed E-state index contributed by atoms with van der Waals surface area (Å²) in [5.74, 6) is 1.41. The Hall–Kier alpha value is -2.87. The molecule has 170 valence electrons. The average Bonchev–Trinajstić information content (AvgIpc) is 3.34. The van der Waals surface area contributed by atoms with Crippen molar-refractivity contribution in [2.24, 2.45) is 22.6 Å². The van der Waals surface area contributed by atoms with E-state index < -0.39 is 0 Å². The number of aliphatic imine (C=N–C) groups is 1. The fourth-order valence-corrected chi connectivity index (χ4v) is 5.13. The maximum atomic E-state index is 13.2. The van der Waals surface area contributed by atoms with Crippen LogP contribution in [0.4, 0.5) is 16.2 Å². The number of benzene rings is 1. The molecule has 2 aliphatic carbocycles. The highest BCUT2D eigenvalue weighted by Gasteiger charge is 2.48. The number of allylic oxidation sites excluding steroid dienone is 1. The van der Waals surface area contributed by atoms with Crippen molar-refractivity contribution >= 4 is 35.2 Å². The largest absolute Gasteiger partial charge is 0.446 e. The molecule has 3 fully saturated rings. The molecule has 0 bridgehead atoms. The fraction of sp³-hybridized carbons (Fsp3) is 0.542. The number of rotatable bonds is 4. The first-order valence-corrected chi connectivity index (χ1v) is 11.4. The standard InChI is InChI=1S/C24H30N4O4/c1-14-11-27(24(30)32-21-6-17-5-18(17)7-21)23-8-16(3-4-22(23)28(14)15(2)29)19(9-25)10-26-20-12-31-13-20/h3-4,8-10,14,17-18,20-21H,5-7,11-13,25H2,1-2H3/t14-,17?,18?,21?/m0/s1. The van der Waals surface area contributed by atoms with E-state index in [1.165, 1.54) is 12.6 Å². The van der Waals surface area contributed by atoms with E-state index in [4.69, 9.17) is 15.2 Å². The second-order valence-corrected chi connectivity index (χ2v) is 9.38. The lowest BCUT2D eigenvalue weighted by atomic mass is 10.0. The van der Waals surface area contributed by atoms with E-state index in [9.17, 15) is 9.59 Å². The number of anilines is 2. The Morgan fingerprint density at radius 2 is 1.94 bits per heavy atom. The second kappa shape index (κ2) is 8.24. The van der Waals surface area contributed by atoms with Crippen LogP contribution in [0, 0.1) is 11.8 Å². The van der Waals surface area contributed by atoms with Crippen LogP contribution >= 0.6 is 0 Å². The van der Waals surface area contributed by atoms with Gasteiger partial charge in [0.2, 0.25) is 5.91 Å². The van der Waals surface area contributed by atoms with Crippen LogP contribution in [0.2, 0.25) is 0 Å². The molecule has 1 saturated heterocycles. The lowest BCUT2D eigenvalue weighted by Gasteiger charge is -2.40. The third-order valence-electron chi connectivity index (χ3n) is 7.00. The number of hydrogen-bond donors (Lipinski definition) is 1. The third-order valence-corrected chi connectivity index (χ3v) is 7.00. The minimum absolute atomic E-state index is 0.00430. The van der Waals surface area contributed by atoms with Crippen molar-refractivity contribution in [3.63, 3.8) is 0 Å². The highest BCUT2D eigenvalue weighted by atomic mass is 16.6. The van der Waals surface area contributed by atoms with E-state index in [-0.39, 0.29) is 30.2 Å². The summed E-state index contributed by atoms with van der Waals surface area (Å²) in [7, 11) is 0. The summed E-state index contributed by atoms with van der Waals surface area (Å²) in [6, 6.07) is 5.67. The van der Waals surface area contributed by atoms with Crippen LogP contribution in [0.3, 0.4) is 0 Å². The molecule has 2 N–H and O–H groups in total. The smallest absolute Gasteiger partial charge is 0.414 e. The zero-order chi connectivity index (χ0) is 22.4. The number of ether oxygens (including phenoxy) is 2. The number of fused-ring (bicyclic) bond motifs is 2. The molecule has 1 aromatic rings. The fourth-order valence-electron chi connectivity index (χ4n) is 5.13. The molecule has 4 aliphatic rings. The summed E-state index contributed by atoms with van der Waals surface area (Å²) < 4.78 is 11.1. The summed E-state index contributed by atoms with van der Waals surface area (Å²) in [6.45, 7) is 5.11. The molecule has 8 heteroatoms. The van der Waals surface area contributed by atoms with E-state index >= 15 is 0 Å². The lowest BCUT2D eigenvalue weighted by molar-refractivity contribution is -0.117. The highest BCUT2D eigenvalue weighted by Crippen LogP contribution is 2.52. The zero-order valence-electron chi connectivity index (χ0n) is 18.6. The summed E-state index contributed by atoms with van der Waals surface area (Å²) in [6.07, 6.45) is 6.11. The van der Waals surface area contributed by atoms with Crippen LogP contribution < -0.4 is 15.5 Å². The van der Waals surface area contributed by atoms with Crippen LogP contribution in [0.15, 0.2) is 29.4 Å². The van der Waals surface area contributed by atoms with Crippen LogP contribution in [0.1, 0.15) is 38.7 Å². The summed E-state index contributed by atoms with van der Waals surface area (Å²) in [4.78, 5) is 33.5. The lowest BCUT2D eigenvalue weighted by Crippen LogP contribution is -2.52. The minimum atomic E-state index is -0.344. The maximum Gasteiger partial charge on any atom is 0.414 e. The SMILES string of the molecule is CC(=O)N1c2ccc(C(C=NC3COC3)=CN)cc2N(C(=O)OC2CC3CC3C2)C[C@@H]1C. The van der Waals surface area contributed by atoms with Gasteiger partial charge < -0.3 is 20.1 Å². The van der Waals surface area contributed by atoms with Gasteiger partial charge in [0.15, 0.2) is 0 Å². The quantitative estimate of drug-likeness (QED) is 0.729. The normalized spacial score (nSPS) is 29.5.